The van der Waals surface area contributed by atoms with Crippen molar-refractivity contribution >= 4 is 44.6 Å². The van der Waals surface area contributed by atoms with E-state index in [1.807, 2.05) is 6.92 Å². The maximum Gasteiger partial charge on any atom is 0.338 e. The van der Waals surface area contributed by atoms with Gasteiger partial charge in [0.2, 0.25) is 5.13 Å². The highest BCUT2D eigenvalue weighted by atomic mass is 32.2. The third-order valence-electron chi connectivity index (χ3n) is 1.71. The fraction of sp³-hybridized carbons (Fsp3) is 0.250. The van der Waals surface area contributed by atoms with E-state index in [2.05, 4.69) is 15.5 Å². The van der Waals surface area contributed by atoms with Crippen LogP contribution < -0.4 is 5.32 Å². The lowest BCUT2D eigenvalue weighted by molar-refractivity contribution is -0.382. The van der Waals surface area contributed by atoms with Crippen LogP contribution in [0.15, 0.2) is 20.7 Å². The molecular formula is C8H8N4O2S3. The smallest absolute Gasteiger partial charge is 0.338 e. The first kappa shape index (κ1) is 12.3. The Hall–Kier alpha value is -1.19. The van der Waals surface area contributed by atoms with Crippen LogP contribution in [0.2, 0.25) is 0 Å². The number of nitrogens with zero attached hydrogens (tertiary/aromatic N) is 3. The molecule has 0 aromatic carbocycles. The van der Waals surface area contributed by atoms with E-state index in [0.717, 1.165) is 23.0 Å². The minimum Gasteiger partial charge on any atom is -0.360 e. The molecule has 2 rings (SSSR count). The van der Waals surface area contributed by atoms with Crippen LogP contribution in [0.1, 0.15) is 6.92 Å². The van der Waals surface area contributed by atoms with Gasteiger partial charge in [0.1, 0.15) is 4.90 Å². The second kappa shape index (κ2) is 5.43. The van der Waals surface area contributed by atoms with Crippen LogP contribution in [-0.4, -0.2) is 21.7 Å². The van der Waals surface area contributed by atoms with Gasteiger partial charge in [0.25, 0.3) is 0 Å². The zero-order valence-corrected chi connectivity index (χ0v) is 11.2. The molecule has 2 aromatic heterocycles. The summed E-state index contributed by atoms with van der Waals surface area (Å²) < 4.78 is 0.697. The predicted octanol–water partition coefficient (Wildman–Crippen LogP) is 3.09. The molecule has 17 heavy (non-hydrogen) atoms. The van der Waals surface area contributed by atoms with Crippen LogP contribution in [-0.2, 0) is 0 Å². The molecule has 1 N–H and O–H groups in total. The van der Waals surface area contributed by atoms with E-state index in [-0.39, 0.29) is 9.92 Å². The zero-order valence-electron chi connectivity index (χ0n) is 8.74. The molecule has 9 heteroatoms. The molecule has 0 spiro atoms. The van der Waals surface area contributed by atoms with E-state index < -0.39 is 0 Å². The van der Waals surface area contributed by atoms with Gasteiger partial charge in [-0.05, 0) is 30.1 Å². The summed E-state index contributed by atoms with van der Waals surface area (Å²) in [5.41, 5.74) is 0. The van der Waals surface area contributed by atoms with Gasteiger partial charge in [-0.15, -0.1) is 10.2 Å². The van der Waals surface area contributed by atoms with E-state index in [9.17, 15) is 10.1 Å². The van der Waals surface area contributed by atoms with E-state index in [0.29, 0.717) is 9.24 Å². The van der Waals surface area contributed by atoms with Crippen molar-refractivity contribution in [2.45, 2.75) is 16.2 Å². The molecular weight excluding hydrogens is 280 g/mol. The first-order chi connectivity index (χ1) is 8.20. The largest absolute Gasteiger partial charge is 0.360 e. The molecule has 0 aliphatic heterocycles. The molecule has 0 unspecified atom stereocenters. The highest BCUT2D eigenvalue weighted by Gasteiger charge is 2.18. The number of nitrogens with one attached hydrogen (secondary N) is 1. The number of hydrogen-bond acceptors (Lipinski definition) is 8. The lowest BCUT2D eigenvalue weighted by Crippen LogP contribution is -1.94. The van der Waals surface area contributed by atoms with E-state index in [1.54, 1.807) is 11.4 Å². The summed E-state index contributed by atoms with van der Waals surface area (Å²) in [5, 5.41) is 24.3. The molecule has 2 heterocycles. The summed E-state index contributed by atoms with van der Waals surface area (Å²) in [4.78, 5) is 11.0. The number of nitro groups is 1. The summed E-state index contributed by atoms with van der Waals surface area (Å²) >= 11 is 3.77. The van der Waals surface area contributed by atoms with Crippen LogP contribution in [0, 0.1) is 10.1 Å². The number of aromatic nitrogens is 2. The minimum absolute atomic E-state index is 0.148. The molecule has 0 radical (unpaired) electrons. The Morgan fingerprint density at radius 2 is 2.41 bits per heavy atom. The first-order valence-electron chi connectivity index (χ1n) is 4.67. The van der Waals surface area contributed by atoms with Gasteiger partial charge in [-0.2, -0.15) is 0 Å². The Bertz CT molecular complexity index is 524. The van der Waals surface area contributed by atoms with Gasteiger partial charge in [-0.1, -0.05) is 22.7 Å². The van der Waals surface area contributed by atoms with E-state index in [1.165, 1.54) is 23.1 Å². The Labute approximate surface area is 109 Å². The van der Waals surface area contributed by atoms with Crippen LogP contribution >= 0.6 is 34.4 Å². The third kappa shape index (κ3) is 2.93. The predicted molar refractivity (Wildman–Crippen MR) is 69.2 cm³/mol. The van der Waals surface area contributed by atoms with Gasteiger partial charge in [0, 0.05) is 6.54 Å². The van der Waals surface area contributed by atoms with Crippen LogP contribution in [0.5, 0.6) is 0 Å². The normalized spacial score (nSPS) is 10.4. The van der Waals surface area contributed by atoms with Crippen molar-refractivity contribution in [3.05, 3.63) is 21.6 Å². The average molecular weight is 288 g/mol. The summed E-state index contributed by atoms with van der Waals surface area (Å²) in [5.74, 6) is 0. The number of rotatable bonds is 5. The van der Waals surface area contributed by atoms with Gasteiger partial charge < -0.3 is 5.32 Å². The third-order valence-corrected chi connectivity index (χ3v) is 4.68. The number of anilines is 1. The minimum atomic E-state index is -0.376. The topological polar surface area (TPSA) is 81.0 Å². The standard InChI is InChI=1S/C8H8N4O2S3/c1-2-9-7-10-11-8(17-7)16-5-3-4-15-6(5)12(13)14/h3-4H,2H2,1H3,(H,9,10). The summed E-state index contributed by atoms with van der Waals surface area (Å²) in [7, 11) is 0. The van der Waals surface area contributed by atoms with Gasteiger partial charge in [-0.3, -0.25) is 10.1 Å². The van der Waals surface area contributed by atoms with Crippen LogP contribution in [0.25, 0.3) is 0 Å². The van der Waals surface area contributed by atoms with Crippen molar-refractivity contribution in [1.29, 1.82) is 0 Å². The number of thiophene rings is 1. The quantitative estimate of drug-likeness (QED) is 0.672. The molecule has 0 aliphatic carbocycles. The Balaban J connectivity index is 2.14. The van der Waals surface area contributed by atoms with Crippen molar-refractivity contribution in [3.63, 3.8) is 0 Å². The summed E-state index contributed by atoms with van der Waals surface area (Å²) in [6.07, 6.45) is 0. The molecule has 0 atom stereocenters. The second-order valence-corrected chi connectivity index (χ2v) is 6.01. The maximum absolute atomic E-state index is 10.7. The van der Waals surface area contributed by atoms with Crippen molar-refractivity contribution in [2.75, 3.05) is 11.9 Å². The lowest BCUT2D eigenvalue weighted by atomic mass is 10.6. The van der Waals surface area contributed by atoms with Gasteiger partial charge in [0.15, 0.2) is 4.34 Å². The second-order valence-electron chi connectivity index (χ2n) is 2.85. The zero-order chi connectivity index (χ0) is 12.3. The highest BCUT2D eigenvalue weighted by molar-refractivity contribution is 8.01. The average Bonchev–Trinajstić information content (AvgIpc) is 2.89. The van der Waals surface area contributed by atoms with Crippen LogP contribution in [0.4, 0.5) is 10.1 Å². The monoisotopic (exact) mass is 288 g/mol. The van der Waals surface area contributed by atoms with Crippen molar-refractivity contribution in [2.24, 2.45) is 0 Å². The maximum atomic E-state index is 10.7. The fourth-order valence-electron chi connectivity index (χ4n) is 1.07. The molecule has 0 saturated heterocycles. The molecule has 0 bridgehead atoms. The van der Waals surface area contributed by atoms with Gasteiger partial charge >= 0.3 is 5.00 Å². The Morgan fingerprint density at radius 3 is 3.12 bits per heavy atom. The summed E-state index contributed by atoms with van der Waals surface area (Å²) in [6.45, 7) is 2.75. The number of hydrogen-bond donors (Lipinski definition) is 1. The van der Waals surface area contributed by atoms with Gasteiger partial charge in [-0.25, -0.2) is 0 Å². The molecule has 2 aromatic rings. The van der Waals surface area contributed by atoms with Gasteiger partial charge in [0.05, 0.1) is 4.92 Å². The first-order valence-corrected chi connectivity index (χ1v) is 7.19. The molecule has 0 saturated carbocycles. The van der Waals surface area contributed by atoms with Crippen molar-refractivity contribution in [3.8, 4) is 0 Å². The summed E-state index contributed by atoms with van der Waals surface area (Å²) in [6, 6.07) is 1.72. The molecule has 6 nitrogen and oxygen atoms in total. The lowest BCUT2D eigenvalue weighted by Gasteiger charge is -1.93. The SMILES string of the molecule is CCNc1nnc(Sc2ccsc2[N+](=O)[O-])s1. The molecule has 0 aliphatic rings. The Morgan fingerprint density at radius 1 is 1.59 bits per heavy atom. The molecule has 0 amide bonds. The highest BCUT2D eigenvalue weighted by Crippen LogP contribution is 2.39. The van der Waals surface area contributed by atoms with E-state index in [4.69, 9.17) is 0 Å². The molecule has 0 fully saturated rings. The van der Waals surface area contributed by atoms with Crippen molar-refractivity contribution < 1.29 is 4.92 Å². The van der Waals surface area contributed by atoms with Crippen molar-refractivity contribution in [1.82, 2.24) is 10.2 Å². The fourth-order valence-corrected chi connectivity index (χ4v) is 3.81. The molecule has 90 valence electrons. The van der Waals surface area contributed by atoms with E-state index >= 15 is 0 Å². The Kier molecular flexibility index (Phi) is 3.92. The van der Waals surface area contributed by atoms with Crippen LogP contribution in [0.3, 0.4) is 0 Å².